The fourth-order valence-electron chi connectivity index (χ4n) is 4.40. The van der Waals surface area contributed by atoms with E-state index in [1.807, 2.05) is 6.92 Å². The van der Waals surface area contributed by atoms with Gasteiger partial charge in [-0.2, -0.15) is 0 Å². The molecule has 0 bridgehead atoms. The molecule has 10 nitrogen and oxygen atoms in total. The Kier molecular flexibility index (Phi) is 4.67. The van der Waals surface area contributed by atoms with Gasteiger partial charge in [-0.05, 0) is 30.9 Å². The number of amides is 1. The highest BCUT2D eigenvalue weighted by molar-refractivity contribution is 6.48. The Balaban J connectivity index is 1.23. The van der Waals surface area contributed by atoms with Crippen LogP contribution in [-0.4, -0.2) is 69.2 Å². The van der Waals surface area contributed by atoms with E-state index in [1.54, 1.807) is 23.2 Å². The molecule has 5 rings (SSSR count). The summed E-state index contributed by atoms with van der Waals surface area (Å²) < 4.78 is 11.4. The van der Waals surface area contributed by atoms with Crippen LogP contribution in [0.1, 0.15) is 39.8 Å². The van der Waals surface area contributed by atoms with Gasteiger partial charge in [0.05, 0.1) is 19.1 Å². The number of ether oxygens (including phenoxy) is 1. The van der Waals surface area contributed by atoms with Gasteiger partial charge in [-0.3, -0.25) is 4.79 Å². The number of nitrogens with zero attached hydrogens (tertiary/aromatic N) is 2. The van der Waals surface area contributed by atoms with Gasteiger partial charge in [0.25, 0.3) is 0 Å². The van der Waals surface area contributed by atoms with Crippen LogP contribution in [0.25, 0.3) is 0 Å². The largest absolute Gasteiger partial charge is 0.535 e. The third-order valence-corrected chi connectivity index (χ3v) is 6.17. The summed E-state index contributed by atoms with van der Waals surface area (Å²) in [6.45, 7) is 2.47. The molecule has 1 saturated heterocycles. The minimum absolute atomic E-state index is 0.0296. The lowest BCUT2D eigenvalue weighted by molar-refractivity contribution is -0.141. The summed E-state index contributed by atoms with van der Waals surface area (Å²) in [6.07, 6.45) is 2.46. The number of carboxylic acids is 1. The van der Waals surface area contributed by atoms with Crippen molar-refractivity contribution < 1.29 is 29.1 Å². The fraction of sp³-hybridized carbons (Fsp3) is 0.450. The van der Waals surface area contributed by atoms with Crippen LogP contribution >= 0.6 is 0 Å². The summed E-state index contributed by atoms with van der Waals surface area (Å²) in [7, 11) is -0.997. The van der Waals surface area contributed by atoms with E-state index in [-0.39, 0.29) is 40.8 Å². The first-order chi connectivity index (χ1) is 14.8. The number of aryl methyl sites for hydroxylation is 1. The van der Waals surface area contributed by atoms with Crippen molar-refractivity contribution in [3.63, 3.8) is 0 Å². The summed E-state index contributed by atoms with van der Waals surface area (Å²) in [6, 6.07) is 2.74. The van der Waals surface area contributed by atoms with Crippen LogP contribution in [0.4, 0.5) is 0 Å². The zero-order chi connectivity index (χ0) is 21.9. The van der Waals surface area contributed by atoms with E-state index in [1.165, 1.54) is 0 Å². The maximum Gasteiger partial charge on any atom is 0.526 e. The molecule has 3 heterocycles. The van der Waals surface area contributed by atoms with E-state index in [2.05, 4.69) is 9.97 Å². The molecule has 3 aliphatic rings. The number of carboxylic acid groups (broad SMARTS) is 1. The second-order valence-electron chi connectivity index (χ2n) is 8.46. The first-order valence-electron chi connectivity index (χ1n) is 10.3. The molecule has 0 spiro atoms. The van der Waals surface area contributed by atoms with Crippen LogP contribution in [0.2, 0.25) is 5.82 Å². The quantitative estimate of drug-likeness (QED) is 0.482. The lowest BCUT2D eigenvalue weighted by Gasteiger charge is -2.40. The highest BCUT2D eigenvalue weighted by Gasteiger charge is 2.54. The van der Waals surface area contributed by atoms with Crippen molar-refractivity contribution in [2.75, 3.05) is 13.1 Å². The Morgan fingerprint density at radius 2 is 2.23 bits per heavy atom. The molecule has 11 heteroatoms. The summed E-state index contributed by atoms with van der Waals surface area (Å²) in [4.78, 5) is 33.2. The molecule has 2 fully saturated rings. The minimum atomic E-state index is -1.18. The minimum Gasteiger partial charge on any atom is -0.535 e. The van der Waals surface area contributed by atoms with Crippen LogP contribution in [0.3, 0.4) is 0 Å². The monoisotopic (exact) mass is 426 g/mol. The fourth-order valence-corrected chi connectivity index (χ4v) is 4.40. The molecule has 162 valence electrons. The molecule has 31 heavy (non-hydrogen) atoms. The number of carbonyl (C=O) groups excluding carboxylic acids is 1. The molecule has 1 aromatic carbocycles. The highest BCUT2D eigenvalue weighted by atomic mass is 16.5. The van der Waals surface area contributed by atoms with Gasteiger partial charge < -0.3 is 35.1 Å². The maximum atomic E-state index is 12.5. The Hall–Kier alpha value is -3.05. The van der Waals surface area contributed by atoms with E-state index >= 15 is 0 Å². The predicted molar refractivity (Wildman–Crippen MR) is 109 cm³/mol. The number of fused-ring (bicyclic) bond motifs is 3. The van der Waals surface area contributed by atoms with Crippen LogP contribution in [0.5, 0.6) is 11.5 Å². The van der Waals surface area contributed by atoms with E-state index in [9.17, 15) is 19.7 Å². The summed E-state index contributed by atoms with van der Waals surface area (Å²) >= 11 is 0. The maximum absolute atomic E-state index is 12.5. The third kappa shape index (κ3) is 3.53. The molecule has 1 aromatic heterocycles. The van der Waals surface area contributed by atoms with Crippen molar-refractivity contribution >= 4 is 19.0 Å². The number of H-pyrrole nitrogens is 1. The molecule has 3 atom stereocenters. The van der Waals surface area contributed by atoms with Gasteiger partial charge >= 0.3 is 13.1 Å². The van der Waals surface area contributed by atoms with Gasteiger partial charge in [-0.1, -0.05) is 6.07 Å². The van der Waals surface area contributed by atoms with Crippen molar-refractivity contribution in [1.29, 1.82) is 0 Å². The Labute approximate surface area is 178 Å². The third-order valence-electron chi connectivity index (χ3n) is 6.17. The smallest absolute Gasteiger partial charge is 0.526 e. The molecule has 5 N–H and O–H groups in total. The van der Waals surface area contributed by atoms with Gasteiger partial charge in [0.15, 0.2) is 0 Å². The van der Waals surface area contributed by atoms with E-state index < -0.39 is 19.1 Å². The van der Waals surface area contributed by atoms with E-state index in [0.717, 1.165) is 23.5 Å². The van der Waals surface area contributed by atoms with Crippen molar-refractivity contribution in [1.82, 2.24) is 14.9 Å². The van der Waals surface area contributed by atoms with Gasteiger partial charge in [-0.15, -0.1) is 0 Å². The molecule has 2 aromatic rings. The van der Waals surface area contributed by atoms with Crippen LogP contribution in [0.15, 0.2) is 18.3 Å². The molecule has 0 radical (unpaired) electrons. The van der Waals surface area contributed by atoms with E-state index in [4.69, 9.17) is 15.1 Å². The van der Waals surface area contributed by atoms with Crippen molar-refractivity contribution in [3.05, 3.63) is 41.0 Å². The molecule has 1 saturated carbocycles. The zero-order valence-corrected chi connectivity index (χ0v) is 16.9. The van der Waals surface area contributed by atoms with Gasteiger partial charge in [0, 0.05) is 24.1 Å². The molecule has 2 aliphatic heterocycles. The number of carbonyl (C=O) groups is 2. The Morgan fingerprint density at radius 3 is 2.90 bits per heavy atom. The number of hydrogen-bond acceptors (Lipinski definition) is 7. The number of nitrogens with two attached hydrogens (primary N) is 1. The van der Waals surface area contributed by atoms with Crippen molar-refractivity contribution in [2.24, 2.45) is 5.73 Å². The second kappa shape index (κ2) is 7.28. The van der Waals surface area contributed by atoms with Crippen LogP contribution in [-0.2, 0) is 11.2 Å². The highest BCUT2D eigenvalue weighted by Crippen LogP contribution is 2.60. The Bertz CT molecular complexity index is 1050. The first-order valence-corrected chi connectivity index (χ1v) is 10.3. The van der Waals surface area contributed by atoms with Gasteiger partial charge in [-0.25, -0.2) is 9.78 Å². The van der Waals surface area contributed by atoms with Crippen molar-refractivity contribution in [2.45, 2.75) is 43.6 Å². The zero-order valence-electron chi connectivity index (χ0n) is 16.9. The van der Waals surface area contributed by atoms with Crippen LogP contribution < -0.4 is 15.1 Å². The number of nitrogens with one attached hydrogen (secondary N) is 1. The van der Waals surface area contributed by atoms with Crippen molar-refractivity contribution in [3.8, 4) is 11.5 Å². The summed E-state index contributed by atoms with van der Waals surface area (Å²) in [5, 5.41) is 19.8. The van der Waals surface area contributed by atoms with Crippen LogP contribution in [0, 0.1) is 6.92 Å². The molecule has 0 unspecified atom stereocenters. The number of aromatic amines is 1. The lowest BCUT2D eigenvalue weighted by atomic mass is 9.77. The van der Waals surface area contributed by atoms with Gasteiger partial charge in [0.1, 0.15) is 29.0 Å². The number of aromatic nitrogens is 2. The Morgan fingerprint density at radius 1 is 1.45 bits per heavy atom. The average Bonchev–Trinajstić information content (AvgIpc) is 3.40. The molecular weight excluding hydrogens is 403 g/mol. The summed E-state index contributed by atoms with van der Waals surface area (Å²) in [5.74, 6) is -0.0957. The number of rotatable bonds is 6. The lowest BCUT2D eigenvalue weighted by Crippen LogP contribution is -2.60. The first kappa shape index (κ1) is 19.9. The predicted octanol–water partition coefficient (Wildman–Crippen LogP) is 0.306. The molecule has 1 aliphatic carbocycles. The number of imidazole rings is 1. The topological polar surface area (TPSA) is 151 Å². The normalized spacial score (nSPS) is 22.7. The molecular formula is C20H23BN4O6. The number of benzene rings is 1. The molecule has 1 amide bonds. The van der Waals surface area contributed by atoms with E-state index in [0.29, 0.717) is 19.5 Å². The average molecular weight is 426 g/mol. The summed E-state index contributed by atoms with van der Waals surface area (Å²) in [5.41, 5.74) is 7.55. The van der Waals surface area contributed by atoms with Gasteiger partial charge in [0.2, 0.25) is 5.91 Å². The second-order valence-corrected chi connectivity index (χ2v) is 8.46. The number of likely N-dealkylation sites (tertiary alicyclic amines) is 1. The number of aromatic carboxylic acids is 1. The SMILES string of the molecule is Cc1ncc(C[C@@H](N)C(=O)N2CC(Oc3ccc4c(c3C(=O)O)OB(O)[C@@H]3C[C@H]43)C2)[nH]1. The number of hydrogen-bond donors (Lipinski definition) is 4. The standard InChI is InChI=1S/C20H23BN4O6/c1-9-23-6-10(24-9)4-15(22)19(26)25-7-11(8-25)30-16-3-2-12-13-5-14(13)21(29)31-18(12)17(16)20(27)28/h2-3,6,11,13-15,29H,4-5,7-8,22H2,1H3,(H,23,24)(H,27,28)/t13-,14-,15-/m1/s1.